The molecule has 1 aromatic carbocycles. The molecule has 1 heterocycles. The van der Waals surface area contributed by atoms with Crippen molar-refractivity contribution in [1.29, 1.82) is 0 Å². The number of hydrogen-bond donors (Lipinski definition) is 1. The lowest BCUT2D eigenvalue weighted by Gasteiger charge is -2.23. The Labute approximate surface area is 193 Å². The highest BCUT2D eigenvalue weighted by Crippen LogP contribution is 2.19. The molecule has 0 atom stereocenters. The number of benzene rings is 1. The standard InChI is InChI=1S/C15H22O4.C12H17N/c1-11-6-5-7-12(13(11)14(16)17)8-19-10-15(2,3)9-18-4;1-4-7-12-11(5-2)9-6-8-10(3)13-12/h5-7H,8-10H2,1-4H3,(H,16,17);5,8-9H,2,4,6-7H2,1,3H3. The number of methoxy groups -OCH3 is 1. The van der Waals surface area contributed by atoms with Crippen LogP contribution in [0.3, 0.4) is 0 Å². The Balaban J connectivity index is 0.000000343. The summed E-state index contributed by atoms with van der Waals surface area (Å²) in [5, 5.41) is 9.21. The summed E-state index contributed by atoms with van der Waals surface area (Å²) < 4.78 is 10.8. The number of carbonyl (C=O) groups is 1. The summed E-state index contributed by atoms with van der Waals surface area (Å²) >= 11 is 0. The van der Waals surface area contributed by atoms with E-state index in [0.717, 1.165) is 30.5 Å². The van der Waals surface area contributed by atoms with Gasteiger partial charge >= 0.3 is 5.97 Å². The van der Waals surface area contributed by atoms with Gasteiger partial charge in [-0.2, -0.15) is 0 Å². The van der Waals surface area contributed by atoms with Crippen molar-refractivity contribution in [3.05, 3.63) is 71.0 Å². The lowest BCUT2D eigenvalue weighted by molar-refractivity contribution is 0.00545. The Morgan fingerprint density at radius 3 is 2.56 bits per heavy atom. The van der Waals surface area contributed by atoms with E-state index < -0.39 is 5.97 Å². The third-order valence-corrected chi connectivity index (χ3v) is 4.96. The van der Waals surface area contributed by atoms with E-state index in [1.165, 1.54) is 11.3 Å². The zero-order chi connectivity index (χ0) is 24.1. The maximum Gasteiger partial charge on any atom is 0.336 e. The molecule has 1 aliphatic heterocycles. The van der Waals surface area contributed by atoms with Crippen molar-refractivity contribution in [3.8, 4) is 0 Å². The number of aromatic carboxylic acids is 1. The Bertz CT molecular complexity index is 862. The molecule has 0 unspecified atom stereocenters. The smallest absolute Gasteiger partial charge is 0.336 e. The monoisotopic (exact) mass is 441 g/mol. The van der Waals surface area contributed by atoms with Crippen molar-refractivity contribution in [1.82, 2.24) is 0 Å². The molecule has 0 radical (unpaired) electrons. The summed E-state index contributed by atoms with van der Waals surface area (Å²) in [6.07, 6.45) is 9.40. The predicted molar refractivity (Wildman–Crippen MR) is 132 cm³/mol. The number of aryl methyl sites for hydroxylation is 1. The van der Waals surface area contributed by atoms with Gasteiger partial charge in [0.2, 0.25) is 0 Å². The molecule has 0 spiro atoms. The van der Waals surface area contributed by atoms with Crippen molar-refractivity contribution in [2.24, 2.45) is 10.4 Å². The van der Waals surface area contributed by atoms with Crippen LogP contribution in [0.2, 0.25) is 0 Å². The average molecular weight is 442 g/mol. The molecule has 0 aliphatic carbocycles. The minimum Gasteiger partial charge on any atom is -0.478 e. The molecule has 0 aromatic heterocycles. The van der Waals surface area contributed by atoms with E-state index in [0.29, 0.717) is 30.9 Å². The van der Waals surface area contributed by atoms with Gasteiger partial charge in [-0.1, -0.05) is 70.2 Å². The molecule has 1 aromatic rings. The summed E-state index contributed by atoms with van der Waals surface area (Å²) in [6.45, 7) is 15.4. The van der Waals surface area contributed by atoms with Crippen molar-refractivity contribution in [2.75, 3.05) is 20.3 Å². The molecule has 32 heavy (non-hydrogen) atoms. The van der Waals surface area contributed by atoms with Gasteiger partial charge in [0.05, 0.1) is 25.4 Å². The molecule has 0 fully saturated rings. The molecule has 1 N–H and O–H groups in total. The van der Waals surface area contributed by atoms with Gasteiger partial charge in [-0.3, -0.25) is 4.99 Å². The minimum atomic E-state index is -0.909. The SMILES string of the molecule is C=CC1=CCC=C(C)N=C1CCC.COCC(C)(C)COCc1cccc(C)c1C(=O)O. The number of ether oxygens (including phenoxy) is 2. The lowest BCUT2D eigenvalue weighted by Crippen LogP contribution is -2.25. The van der Waals surface area contributed by atoms with E-state index in [9.17, 15) is 9.90 Å². The molecule has 2 rings (SSSR count). The van der Waals surface area contributed by atoms with Crippen LogP contribution in [-0.4, -0.2) is 37.1 Å². The Kier molecular flexibility index (Phi) is 11.9. The lowest BCUT2D eigenvalue weighted by atomic mass is 9.96. The Morgan fingerprint density at radius 1 is 1.25 bits per heavy atom. The fourth-order valence-electron chi connectivity index (χ4n) is 3.46. The topological polar surface area (TPSA) is 68.1 Å². The third kappa shape index (κ3) is 9.33. The van der Waals surface area contributed by atoms with E-state index >= 15 is 0 Å². The second kappa shape index (κ2) is 13.8. The van der Waals surface area contributed by atoms with Gasteiger partial charge in [0.15, 0.2) is 0 Å². The van der Waals surface area contributed by atoms with E-state index in [2.05, 4.69) is 37.6 Å². The maximum absolute atomic E-state index is 11.2. The quantitative estimate of drug-likeness (QED) is 0.448. The molecule has 0 amide bonds. The third-order valence-electron chi connectivity index (χ3n) is 4.96. The zero-order valence-electron chi connectivity index (χ0n) is 20.5. The Morgan fingerprint density at radius 2 is 1.97 bits per heavy atom. The van der Waals surface area contributed by atoms with Crippen LogP contribution in [-0.2, 0) is 16.1 Å². The first-order chi connectivity index (χ1) is 15.1. The molecule has 1 aliphatic rings. The van der Waals surface area contributed by atoms with Crippen LogP contribution >= 0.6 is 0 Å². The van der Waals surface area contributed by atoms with Crippen LogP contribution in [0, 0.1) is 12.3 Å². The molecule has 0 bridgehead atoms. The average Bonchev–Trinajstić information content (AvgIpc) is 2.89. The molecule has 176 valence electrons. The van der Waals surface area contributed by atoms with Gasteiger partial charge in [0, 0.05) is 23.9 Å². The van der Waals surface area contributed by atoms with Crippen molar-refractivity contribution >= 4 is 11.7 Å². The van der Waals surface area contributed by atoms with E-state index in [1.807, 2.05) is 26.0 Å². The Hall–Kier alpha value is -2.50. The van der Waals surface area contributed by atoms with Crippen LogP contribution in [0.5, 0.6) is 0 Å². The van der Waals surface area contributed by atoms with Crippen LogP contribution in [0.25, 0.3) is 0 Å². The number of allylic oxidation sites excluding steroid dienone is 5. The summed E-state index contributed by atoms with van der Waals surface area (Å²) in [6, 6.07) is 5.43. The van der Waals surface area contributed by atoms with Crippen molar-refractivity contribution in [2.45, 2.75) is 60.5 Å². The zero-order valence-corrected chi connectivity index (χ0v) is 20.5. The van der Waals surface area contributed by atoms with Crippen LogP contribution in [0.4, 0.5) is 0 Å². The molecule has 0 saturated heterocycles. The van der Waals surface area contributed by atoms with Crippen molar-refractivity contribution in [3.63, 3.8) is 0 Å². The highest BCUT2D eigenvalue weighted by molar-refractivity contribution is 6.03. The second-order valence-corrected chi connectivity index (χ2v) is 8.76. The number of aliphatic imine (C=N–C) groups is 1. The van der Waals surface area contributed by atoms with Gasteiger partial charge in [0.25, 0.3) is 0 Å². The second-order valence-electron chi connectivity index (χ2n) is 8.76. The number of carboxylic acids is 1. The van der Waals surface area contributed by atoms with Gasteiger partial charge in [-0.25, -0.2) is 4.79 Å². The van der Waals surface area contributed by atoms with Crippen molar-refractivity contribution < 1.29 is 19.4 Å². The van der Waals surface area contributed by atoms with Crippen LogP contribution in [0.15, 0.2) is 59.3 Å². The largest absolute Gasteiger partial charge is 0.478 e. The highest BCUT2D eigenvalue weighted by atomic mass is 16.5. The predicted octanol–water partition coefficient (Wildman–Crippen LogP) is 6.53. The van der Waals surface area contributed by atoms with E-state index in [-0.39, 0.29) is 5.41 Å². The van der Waals surface area contributed by atoms with Gasteiger partial charge in [-0.05, 0) is 43.4 Å². The maximum atomic E-state index is 11.2. The first-order valence-corrected chi connectivity index (χ1v) is 11.1. The fraction of sp³-hybridized carbons (Fsp3) is 0.481. The molecular formula is C27H39NO4. The number of hydrogen-bond acceptors (Lipinski definition) is 4. The normalized spacial score (nSPS) is 13.8. The van der Waals surface area contributed by atoms with Gasteiger partial charge < -0.3 is 14.6 Å². The fourth-order valence-corrected chi connectivity index (χ4v) is 3.46. The number of nitrogens with zero attached hydrogens (tertiary/aromatic N) is 1. The molecular weight excluding hydrogens is 402 g/mol. The van der Waals surface area contributed by atoms with Gasteiger partial charge in [-0.15, -0.1) is 0 Å². The number of rotatable bonds is 10. The van der Waals surface area contributed by atoms with Crippen LogP contribution < -0.4 is 0 Å². The summed E-state index contributed by atoms with van der Waals surface area (Å²) in [4.78, 5) is 15.8. The molecule has 5 heteroatoms. The summed E-state index contributed by atoms with van der Waals surface area (Å²) in [5.41, 5.74) is 5.23. The highest BCUT2D eigenvalue weighted by Gasteiger charge is 2.19. The minimum absolute atomic E-state index is 0.0814. The van der Waals surface area contributed by atoms with E-state index in [1.54, 1.807) is 26.2 Å². The van der Waals surface area contributed by atoms with E-state index in [4.69, 9.17) is 9.47 Å². The summed E-state index contributed by atoms with van der Waals surface area (Å²) in [5.74, 6) is -0.909. The summed E-state index contributed by atoms with van der Waals surface area (Å²) in [7, 11) is 1.66. The first kappa shape index (κ1) is 27.5. The first-order valence-electron chi connectivity index (χ1n) is 11.1. The van der Waals surface area contributed by atoms with Gasteiger partial charge in [0.1, 0.15) is 0 Å². The number of carboxylic acid groups (broad SMARTS) is 1. The molecule has 5 nitrogen and oxygen atoms in total. The van der Waals surface area contributed by atoms with Crippen LogP contribution in [0.1, 0.15) is 68.4 Å². The molecule has 0 saturated carbocycles.